The molecule has 0 spiro atoms. The Morgan fingerprint density at radius 2 is 1.77 bits per heavy atom. The van der Waals surface area contributed by atoms with Gasteiger partial charge in [0.15, 0.2) is 0 Å². The van der Waals surface area contributed by atoms with Crippen LogP contribution in [-0.2, 0) is 6.18 Å². The lowest BCUT2D eigenvalue weighted by Gasteiger charge is -2.18. The Hall–Kier alpha value is -5.06. The molecule has 0 saturated heterocycles. The molecule has 0 aliphatic rings. The molecule has 11 heteroatoms. The number of amides is 1. The van der Waals surface area contributed by atoms with Crippen molar-refractivity contribution >= 4 is 28.4 Å². The third-order valence-electron chi connectivity index (χ3n) is 6.14. The zero-order valence-corrected chi connectivity index (χ0v) is 20.7. The van der Waals surface area contributed by atoms with E-state index in [2.05, 4.69) is 25.3 Å². The van der Waals surface area contributed by atoms with E-state index in [1.54, 1.807) is 36.8 Å². The number of halogens is 3. The first kappa shape index (κ1) is 25.6. The van der Waals surface area contributed by atoms with Gasteiger partial charge in [-0.05, 0) is 54.4 Å². The molecule has 3 aromatic carbocycles. The minimum absolute atomic E-state index is 0.0888. The standard InChI is InChI=1S/C28H21F3N6O2/c1-15-6-7-20(36-26(38)16-4-3-5-19(8-16)28(29,30)31)10-21(15)22-9-17-13-35-27(32)37-24(17)23(25(22)39-2)18-11-33-14-34-12-18/h3-14H,1-2H3,(H,36,38)(H2,32,35,37). The Labute approximate surface area is 220 Å². The number of rotatable bonds is 5. The molecule has 196 valence electrons. The molecule has 0 aliphatic carbocycles. The van der Waals surface area contributed by atoms with Crippen molar-refractivity contribution in [1.29, 1.82) is 0 Å². The van der Waals surface area contributed by atoms with Crippen LogP contribution in [0.5, 0.6) is 5.75 Å². The largest absolute Gasteiger partial charge is 0.495 e. The van der Waals surface area contributed by atoms with Gasteiger partial charge in [0.1, 0.15) is 12.1 Å². The number of nitrogen functional groups attached to an aromatic ring is 1. The predicted molar refractivity (Wildman–Crippen MR) is 141 cm³/mol. The summed E-state index contributed by atoms with van der Waals surface area (Å²) >= 11 is 0. The molecule has 0 unspecified atom stereocenters. The Morgan fingerprint density at radius 3 is 2.49 bits per heavy atom. The summed E-state index contributed by atoms with van der Waals surface area (Å²) in [6.45, 7) is 1.89. The summed E-state index contributed by atoms with van der Waals surface area (Å²) in [5.74, 6) is -0.113. The minimum atomic E-state index is -4.56. The molecule has 2 aromatic heterocycles. The summed E-state index contributed by atoms with van der Waals surface area (Å²) in [6.07, 6.45) is 1.71. The average Bonchev–Trinajstić information content (AvgIpc) is 2.93. The zero-order valence-electron chi connectivity index (χ0n) is 20.7. The lowest BCUT2D eigenvalue weighted by Crippen LogP contribution is -2.14. The molecule has 0 atom stereocenters. The molecule has 0 saturated carbocycles. The van der Waals surface area contributed by atoms with Crippen LogP contribution in [0.4, 0.5) is 24.8 Å². The van der Waals surface area contributed by atoms with Gasteiger partial charge in [-0.15, -0.1) is 0 Å². The van der Waals surface area contributed by atoms with Crippen molar-refractivity contribution in [2.75, 3.05) is 18.2 Å². The lowest BCUT2D eigenvalue weighted by molar-refractivity contribution is -0.137. The highest BCUT2D eigenvalue weighted by molar-refractivity contribution is 6.06. The van der Waals surface area contributed by atoms with Gasteiger partial charge >= 0.3 is 6.18 Å². The monoisotopic (exact) mass is 530 g/mol. The molecule has 0 fully saturated rings. The van der Waals surface area contributed by atoms with Gasteiger partial charge in [-0.2, -0.15) is 13.2 Å². The Bertz CT molecular complexity index is 1710. The van der Waals surface area contributed by atoms with E-state index in [0.29, 0.717) is 44.6 Å². The summed E-state index contributed by atoms with van der Waals surface area (Å²) in [7, 11) is 1.52. The summed E-state index contributed by atoms with van der Waals surface area (Å²) in [5.41, 5.74) is 9.30. The van der Waals surface area contributed by atoms with E-state index >= 15 is 0 Å². The number of aromatic nitrogens is 4. The number of aryl methyl sites for hydroxylation is 1. The van der Waals surface area contributed by atoms with E-state index in [4.69, 9.17) is 10.5 Å². The van der Waals surface area contributed by atoms with E-state index < -0.39 is 17.6 Å². The molecule has 1 amide bonds. The number of benzene rings is 3. The third-order valence-corrected chi connectivity index (χ3v) is 6.14. The van der Waals surface area contributed by atoms with Gasteiger partial charge in [0.25, 0.3) is 5.91 Å². The number of ether oxygens (including phenoxy) is 1. The lowest BCUT2D eigenvalue weighted by atomic mass is 9.93. The van der Waals surface area contributed by atoms with Crippen molar-refractivity contribution in [3.05, 3.63) is 90.1 Å². The molecule has 5 aromatic rings. The van der Waals surface area contributed by atoms with E-state index in [9.17, 15) is 18.0 Å². The first-order valence-electron chi connectivity index (χ1n) is 11.6. The van der Waals surface area contributed by atoms with E-state index in [1.165, 1.54) is 25.6 Å². The van der Waals surface area contributed by atoms with Crippen LogP contribution in [-0.4, -0.2) is 33.0 Å². The molecular weight excluding hydrogens is 509 g/mol. The van der Waals surface area contributed by atoms with Crippen LogP contribution in [0.1, 0.15) is 21.5 Å². The van der Waals surface area contributed by atoms with E-state index in [-0.39, 0.29) is 11.5 Å². The number of fused-ring (bicyclic) bond motifs is 1. The Balaban J connectivity index is 1.62. The maximum atomic E-state index is 13.1. The van der Waals surface area contributed by atoms with Crippen molar-refractivity contribution in [3.63, 3.8) is 0 Å². The van der Waals surface area contributed by atoms with Crippen molar-refractivity contribution in [3.8, 4) is 28.0 Å². The highest BCUT2D eigenvalue weighted by atomic mass is 19.4. The number of hydrogen-bond acceptors (Lipinski definition) is 7. The minimum Gasteiger partial charge on any atom is -0.495 e. The van der Waals surface area contributed by atoms with Crippen LogP contribution < -0.4 is 15.8 Å². The third kappa shape index (κ3) is 5.06. The van der Waals surface area contributed by atoms with Crippen molar-refractivity contribution < 1.29 is 22.7 Å². The molecule has 0 radical (unpaired) electrons. The number of nitrogens with two attached hydrogens (primary N) is 1. The average molecular weight is 531 g/mol. The van der Waals surface area contributed by atoms with Crippen LogP contribution in [0.25, 0.3) is 33.2 Å². The van der Waals surface area contributed by atoms with Gasteiger partial charge in [0.05, 0.1) is 23.8 Å². The second-order valence-electron chi connectivity index (χ2n) is 8.69. The van der Waals surface area contributed by atoms with Crippen molar-refractivity contribution in [1.82, 2.24) is 19.9 Å². The number of nitrogens with one attached hydrogen (secondary N) is 1. The number of nitrogens with zero attached hydrogens (tertiary/aromatic N) is 4. The summed E-state index contributed by atoms with van der Waals surface area (Å²) in [4.78, 5) is 29.6. The highest BCUT2D eigenvalue weighted by Gasteiger charge is 2.31. The van der Waals surface area contributed by atoms with Crippen molar-refractivity contribution in [2.24, 2.45) is 0 Å². The number of anilines is 2. The van der Waals surface area contributed by atoms with Crippen LogP contribution in [0.15, 0.2) is 73.4 Å². The second kappa shape index (κ2) is 10.0. The number of alkyl halides is 3. The molecule has 8 nitrogen and oxygen atoms in total. The SMILES string of the molecule is COc1c(-c2cc(NC(=O)c3cccc(C(F)(F)F)c3)ccc2C)cc2cnc(N)nc2c1-c1cncnc1. The predicted octanol–water partition coefficient (Wildman–Crippen LogP) is 5.92. The zero-order chi connectivity index (χ0) is 27.7. The van der Waals surface area contributed by atoms with Crippen LogP contribution in [0.3, 0.4) is 0 Å². The molecule has 2 heterocycles. The molecular formula is C28H21F3N6O2. The molecule has 0 bridgehead atoms. The fourth-order valence-electron chi connectivity index (χ4n) is 4.31. The molecule has 39 heavy (non-hydrogen) atoms. The molecule has 0 aliphatic heterocycles. The Morgan fingerprint density at radius 1 is 1.00 bits per heavy atom. The van der Waals surface area contributed by atoms with Gasteiger partial charge < -0.3 is 15.8 Å². The summed E-state index contributed by atoms with van der Waals surface area (Å²) in [6, 6.07) is 11.3. The van der Waals surface area contributed by atoms with E-state index in [1.807, 2.05) is 13.0 Å². The second-order valence-corrected chi connectivity index (χ2v) is 8.69. The smallest absolute Gasteiger partial charge is 0.416 e. The fourth-order valence-corrected chi connectivity index (χ4v) is 4.31. The molecule has 3 N–H and O–H groups in total. The first-order valence-corrected chi connectivity index (χ1v) is 11.6. The number of carbonyl (C=O) groups excluding carboxylic acids is 1. The van der Waals surface area contributed by atoms with Crippen LogP contribution >= 0.6 is 0 Å². The van der Waals surface area contributed by atoms with Crippen LogP contribution in [0, 0.1) is 6.92 Å². The maximum Gasteiger partial charge on any atom is 0.416 e. The number of carbonyl (C=O) groups is 1. The Kier molecular flexibility index (Phi) is 6.57. The van der Waals surface area contributed by atoms with Gasteiger partial charge in [-0.25, -0.2) is 19.9 Å². The van der Waals surface area contributed by atoms with Crippen molar-refractivity contribution in [2.45, 2.75) is 13.1 Å². The van der Waals surface area contributed by atoms with Crippen LogP contribution in [0.2, 0.25) is 0 Å². The first-order chi connectivity index (χ1) is 18.7. The topological polar surface area (TPSA) is 116 Å². The summed E-state index contributed by atoms with van der Waals surface area (Å²) < 4.78 is 45.3. The quantitative estimate of drug-likeness (QED) is 0.290. The van der Waals surface area contributed by atoms with Gasteiger partial charge in [0, 0.05) is 46.4 Å². The van der Waals surface area contributed by atoms with Gasteiger partial charge in [-0.1, -0.05) is 12.1 Å². The highest BCUT2D eigenvalue weighted by Crippen LogP contribution is 2.44. The normalized spacial score (nSPS) is 11.4. The van der Waals surface area contributed by atoms with Gasteiger partial charge in [0.2, 0.25) is 5.95 Å². The molecule has 5 rings (SSSR count). The maximum absolute atomic E-state index is 13.1. The number of methoxy groups -OCH3 is 1. The van der Waals surface area contributed by atoms with E-state index in [0.717, 1.165) is 17.7 Å². The number of hydrogen-bond donors (Lipinski definition) is 2. The summed E-state index contributed by atoms with van der Waals surface area (Å²) in [5, 5.41) is 3.37. The van der Waals surface area contributed by atoms with Gasteiger partial charge in [-0.3, -0.25) is 4.79 Å². The fraction of sp³-hybridized carbons (Fsp3) is 0.107.